The summed E-state index contributed by atoms with van der Waals surface area (Å²) in [6, 6.07) is 2.99. The van der Waals surface area contributed by atoms with Crippen molar-refractivity contribution >= 4 is 17.1 Å². The SMILES string of the molecule is Cc1cc(C(=O)c2cscc2C(F)(F)F)cc(C)n1. The van der Waals surface area contributed by atoms with Crippen LogP contribution in [-0.4, -0.2) is 10.8 Å². The van der Waals surface area contributed by atoms with Gasteiger partial charge in [0.15, 0.2) is 5.78 Å². The van der Waals surface area contributed by atoms with E-state index in [2.05, 4.69) is 4.98 Å². The lowest BCUT2D eigenvalue weighted by Crippen LogP contribution is -2.11. The Labute approximate surface area is 111 Å². The van der Waals surface area contributed by atoms with E-state index in [1.54, 1.807) is 13.8 Å². The number of aryl methyl sites for hydroxylation is 2. The predicted octanol–water partition coefficient (Wildman–Crippen LogP) is 4.01. The van der Waals surface area contributed by atoms with Crippen LogP contribution in [0.2, 0.25) is 0 Å². The largest absolute Gasteiger partial charge is 0.417 e. The quantitative estimate of drug-likeness (QED) is 0.780. The highest BCUT2D eigenvalue weighted by molar-refractivity contribution is 7.08. The molecule has 19 heavy (non-hydrogen) atoms. The maximum atomic E-state index is 12.8. The highest BCUT2D eigenvalue weighted by Gasteiger charge is 2.36. The number of nitrogens with zero attached hydrogens (tertiary/aromatic N) is 1. The van der Waals surface area contributed by atoms with Crippen molar-refractivity contribution in [2.75, 3.05) is 0 Å². The molecule has 0 unspecified atom stereocenters. The van der Waals surface area contributed by atoms with E-state index in [-0.39, 0.29) is 11.1 Å². The molecular weight excluding hydrogens is 275 g/mol. The molecular formula is C13H10F3NOS. The number of thiophene rings is 1. The van der Waals surface area contributed by atoms with Gasteiger partial charge in [-0.2, -0.15) is 24.5 Å². The summed E-state index contributed by atoms with van der Waals surface area (Å²) in [5, 5.41) is 2.18. The lowest BCUT2D eigenvalue weighted by Gasteiger charge is -2.08. The monoisotopic (exact) mass is 285 g/mol. The normalized spacial score (nSPS) is 11.6. The molecule has 0 atom stereocenters. The van der Waals surface area contributed by atoms with Crippen LogP contribution in [0.25, 0.3) is 0 Å². The van der Waals surface area contributed by atoms with Crippen molar-refractivity contribution < 1.29 is 18.0 Å². The summed E-state index contributed by atoms with van der Waals surface area (Å²) in [6.45, 7) is 3.39. The average molecular weight is 285 g/mol. The molecule has 0 N–H and O–H groups in total. The maximum absolute atomic E-state index is 12.8. The molecule has 2 aromatic rings. The van der Waals surface area contributed by atoms with E-state index in [4.69, 9.17) is 0 Å². The fourth-order valence-corrected chi connectivity index (χ4v) is 2.65. The van der Waals surface area contributed by atoms with Gasteiger partial charge in [-0.1, -0.05) is 0 Å². The molecule has 2 rings (SSSR count). The van der Waals surface area contributed by atoms with Crippen molar-refractivity contribution in [3.63, 3.8) is 0 Å². The molecule has 2 heterocycles. The van der Waals surface area contributed by atoms with Crippen LogP contribution in [0.15, 0.2) is 22.9 Å². The number of alkyl halides is 3. The molecule has 0 saturated carbocycles. The van der Waals surface area contributed by atoms with Gasteiger partial charge in [-0.15, -0.1) is 0 Å². The molecule has 0 aromatic carbocycles. The Hall–Kier alpha value is -1.69. The molecule has 0 spiro atoms. The Kier molecular flexibility index (Phi) is 3.45. The minimum atomic E-state index is -4.51. The molecule has 0 bridgehead atoms. The zero-order chi connectivity index (χ0) is 14.2. The van der Waals surface area contributed by atoms with Crippen LogP contribution in [0.1, 0.15) is 32.9 Å². The number of rotatable bonds is 2. The lowest BCUT2D eigenvalue weighted by molar-refractivity contribution is -0.137. The van der Waals surface area contributed by atoms with Gasteiger partial charge in [-0.3, -0.25) is 9.78 Å². The molecule has 2 aromatic heterocycles. The molecule has 0 aliphatic rings. The number of hydrogen-bond donors (Lipinski definition) is 0. The molecule has 0 fully saturated rings. The van der Waals surface area contributed by atoms with Gasteiger partial charge in [0.1, 0.15) is 0 Å². The number of aromatic nitrogens is 1. The first-order valence-corrected chi connectivity index (χ1v) is 6.36. The smallest absolute Gasteiger partial charge is 0.289 e. The molecule has 0 radical (unpaired) electrons. The molecule has 6 heteroatoms. The standard InChI is InChI=1S/C13H10F3NOS/c1-7-3-9(4-8(2)17-7)12(18)10-5-19-6-11(10)13(14,15)16/h3-6H,1-2H3. The highest BCUT2D eigenvalue weighted by Crippen LogP contribution is 2.35. The fourth-order valence-electron chi connectivity index (χ4n) is 1.81. The van der Waals surface area contributed by atoms with Crippen molar-refractivity contribution in [3.05, 3.63) is 51.0 Å². The summed E-state index contributed by atoms with van der Waals surface area (Å²) in [6.07, 6.45) is -4.51. The Bertz CT molecular complexity index is 611. The van der Waals surface area contributed by atoms with Crippen molar-refractivity contribution in [1.82, 2.24) is 4.98 Å². The lowest BCUT2D eigenvalue weighted by atomic mass is 10.0. The molecule has 2 nitrogen and oxygen atoms in total. The van der Waals surface area contributed by atoms with Crippen molar-refractivity contribution in [1.29, 1.82) is 0 Å². The number of pyridine rings is 1. The number of carbonyl (C=O) groups is 1. The maximum Gasteiger partial charge on any atom is 0.417 e. The average Bonchev–Trinajstić information content (AvgIpc) is 2.74. The Morgan fingerprint density at radius 2 is 1.74 bits per heavy atom. The number of ketones is 1. The van der Waals surface area contributed by atoms with Gasteiger partial charge in [0.05, 0.1) is 5.56 Å². The first-order chi connectivity index (χ1) is 8.79. The van der Waals surface area contributed by atoms with Crippen molar-refractivity contribution in [3.8, 4) is 0 Å². The van der Waals surface area contributed by atoms with Gasteiger partial charge >= 0.3 is 6.18 Å². The summed E-state index contributed by atoms with van der Waals surface area (Å²) in [4.78, 5) is 16.3. The van der Waals surface area contributed by atoms with E-state index in [0.717, 1.165) is 16.7 Å². The van der Waals surface area contributed by atoms with E-state index in [1.165, 1.54) is 17.5 Å². The van der Waals surface area contributed by atoms with Crippen molar-refractivity contribution in [2.45, 2.75) is 20.0 Å². The summed E-state index contributed by atoms with van der Waals surface area (Å²) in [7, 11) is 0. The van der Waals surface area contributed by atoms with Gasteiger partial charge in [0, 0.05) is 33.3 Å². The number of halogens is 3. The predicted molar refractivity (Wildman–Crippen MR) is 66.5 cm³/mol. The number of carbonyl (C=O) groups excluding carboxylic acids is 1. The Morgan fingerprint density at radius 1 is 1.16 bits per heavy atom. The zero-order valence-corrected chi connectivity index (χ0v) is 11.0. The van der Waals surface area contributed by atoms with Gasteiger partial charge in [-0.25, -0.2) is 0 Å². The third-order valence-electron chi connectivity index (χ3n) is 2.56. The summed E-state index contributed by atoms with van der Waals surface area (Å²) in [5.41, 5.74) is 0.255. The zero-order valence-electron chi connectivity index (χ0n) is 10.2. The minimum absolute atomic E-state index is 0.230. The summed E-state index contributed by atoms with van der Waals surface area (Å²) < 4.78 is 38.3. The summed E-state index contributed by atoms with van der Waals surface area (Å²) in [5.74, 6) is -0.623. The third kappa shape index (κ3) is 2.84. The van der Waals surface area contributed by atoms with Crippen LogP contribution < -0.4 is 0 Å². The second-order valence-corrected chi connectivity index (χ2v) is 4.91. The first-order valence-electron chi connectivity index (χ1n) is 5.42. The van der Waals surface area contributed by atoms with Crippen LogP contribution in [0.5, 0.6) is 0 Å². The molecule has 0 aliphatic carbocycles. The Morgan fingerprint density at radius 3 is 2.26 bits per heavy atom. The molecule has 0 amide bonds. The van der Waals surface area contributed by atoms with E-state index < -0.39 is 17.5 Å². The minimum Gasteiger partial charge on any atom is -0.289 e. The Balaban J connectivity index is 2.48. The third-order valence-corrected chi connectivity index (χ3v) is 3.30. The topological polar surface area (TPSA) is 30.0 Å². The second-order valence-electron chi connectivity index (χ2n) is 4.16. The van der Waals surface area contributed by atoms with Crippen LogP contribution in [0.3, 0.4) is 0 Å². The van der Waals surface area contributed by atoms with Crippen LogP contribution >= 0.6 is 11.3 Å². The van der Waals surface area contributed by atoms with Gasteiger partial charge in [-0.05, 0) is 26.0 Å². The number of hydrogen-bond acceptors (Lipinski definition) is 3. The van der Waals surface area contributed by atoms with E-state index >= 15 is 0 Å². The molecule has 0 saturated heterocycles. The van der Waals surface area contributed by atoms with Gasteiger partial charge in [0.2, 0.25) is 0 Å². The highest BCUT2D eigenvalue weighted by atomic mass is 32.1. The van der Waals surface area contributed by atoms with Gasteiger partial charge < -0.3 is 0 Å². The van der Waals surface area contributed by atoms with Crippen LogP contribution in [0.4, 0.5) is 13.2 Å². The second kappa shape index (κ2) is 4.77. The van der Waals surface area contributed by atoms with E-state index in [9.17, 15) is 18.0 Å². The van der Waals surface area contributed by atoms with Crippen LogP contribution in [-0.2, 0) is 6.18 Å². The van der Waals surface area contributed by atoms with Crippen molar-refractivity contribution in [2.24, 2.45) is 0 Å². The van der Waals surface area contributed by atoms with Crippen LogP contribution in [0, 0.1) is 13.8 Å². The van der Waals surface area contributed by atoms with Gasteiger partial charge in [0.25, 0.3) is 0 Å². The molecule has 0 aliphatic heterocycles. The van der Waals surface area contributed by atoms with E-state index in [1.807, 2.05) is 0 Å². The first kappa shape index (κ1) is 13.7. The summed E-state index contributed by atoms with van der Waals surface area (Å²) >= 11 is 0.868. The fraction of sp³-hybridized carbons (Fsp3) is 0.231. The molecule has 100 valence electrons. The van der Waals surface area contributed by atoms with E-state index in [0.29, 0.717) is 11.4 Å².